The monoisotopic (exact) mass is 152 g/mol. The van der Waals surface area contributed by atoms with E-state index in [4.69, 9.17) is 0 Å². The molecule has 0 amide bonds. The van der Waals surface area contributed by atoms with Crippen molar-refractivity contribution in [3.63, 3.8) is 0 Å². The molecule has 0 spiro atoms. The number of hydrogen-bond donors (Lipinski definition) is 0. The quantitative estimate of drug-likeness (QED) is 0.547. The van der Waals surface area contributed by atoms with Crippen LogP contribution in [0.5, 0.6) is 0 Å². The van der Waals surface area contributed by atoms with Crippen LogP contribution >= 0.6 is 0 Å². The molecule has 0 aliphatic heterocycles. The van der Waals surface area contributed by atoms with E-state index in [0.29, 0.717) is 11.1 Å². The van der Waals surface area contributed by atoms with Gasteiger partial charge < -0.3 is 4.42 Å². The highest BCUT2D eigenvalue weighted by molar-refractivity contribution is 5.10. The van der Waals surface area contributed by atoms with Gasteiger partial charge in [-0.05, 0) is 13.8 Å². The lowest BCUT2D eigenvalue weighted by Crippen LogP contribution is -2.07. The van der Waals surface area contributed by atoms with Crippen molar-refractivity contribution in [3.05, 3.63) is 44.1 Å². The van der Waals surface area contributed by atoms with Crippen molar-refractivity contribution in [2.24, 2.45) is 0 Å². The predicted octanol–water partition coefficient (Wildman–Crippen LogP) is 0.617. The fraction of sp³-hybridized carbons (Fsp3) is 0.250. The van der Waals surface area contributed by atoms with E-state index in [2.05, 4.69) is 4.42 Å². The zero-order chi connectivity index (χ0) is 8.43. The average molecular weight is 152 g/mol. The van der Waals surface area contributed by atoms with E-state index in [1.165, 1.54) is 0 Å². The third-order valence-corrected chi connectivity index (χ3v) is 1.41. The number of rotatable bonds is 0. The molecule has 1 heterocycles. The Labute approximate surface area is 63.3 Å². The van der Waals surface area contributed by atoms with Gasteiger partial charge in [0, 0.05) is 11.1 Å². The highest BCUT2D eigenvalue weighted by Gasteiger charge is 1.95. The molecule has 1 aromatic heterocycles. The van der Waals surface area contributed by atoms with Crippen molar-refractivity contribution >= 4 is 0 Å². The minimum Gasteiger partial charge on any atom is -0.386 e. The minimum absolute atomic E-state index is 0.440. The predicted molar refractivity (Wildman–Crippen MR) is 40.7 cm³/mol. The summed E-state index contributed by atoms with van der Waals surface area (Å²) in [6, 6.07) is 3.14. The van der Waals surface area contributed by atoms with E-state index >= 15 is 0 Å². The van der Waals surface area contributed by atoms with E-state index in [0.717, 1.165) is 0 Å². The van der Waals surface area contributed by atoms with E-state index in [1.807, 2.05) is 0 Å². The molecule has 58 valence electrons. The summed E-state index contributed by atoms with van der Waals surface area (Å²) in [4.78, 5) is 21.7. The van der Waals surface area contributed by atoms with Crippen LogP contribution < -0.4 is 11.3 Å². The van der Waals surface area contributed by atoms with E-state index < -0.39 is 11.3 Å². The van der Waals surface area contributed by atoms with Crippen LogP contribution in [-0.4, -0.2) is 0 Å². The molecular weight excluding hydrogens is 144 g/mol. The summed E-state index contributed by atoms with van der Waals surface area (Å²) in [5.41, 5.74) is -0.253. The molecule has 0 fully saturated rings. The topological polar surface area (TPSA) is 47.3 Å². The molecule has 0 atom stereocenters. The van der Waals surface area contributed by atoms with Gasteiger partial charge in [-0.2, -0.15) is 0 Å². The molecule has 0 aromatic carbocycles. The van der Waals surface area contributed by atoms with Gasteiger partial charge in [0.15, 0.2) is 0 Å². The summed E-state index contributed by atoms with van der Waals surface area (Å²) < 4.78 is 4.42. The van der Waals surface area contributed by atoms with E-state index in [-0.39, 0.29) is 0 Å². The Morgan fingerprint density at radius 1 is 1.00 bits per heavy atom. The maximum Gasteiger partial charge on any atom is 0.341 e. The van der Waals surface area contributed by atoms with Crippen LogP contribution in [0.3, 0.4) is 0 Å². The van der Waals surface area contributed by atoms with Gasteiger partial charge in [0.1, 0.15) is 0 Å². The zero-order valence-corrected chi connectivity index (χ0v) is 6.38. The van der Waals surface area contributed by atoms with Crippen molar-refractivity contribution in [1.82, 2.24) is 0 Å². The molecule has 0 N–H and O–H groups in total. The summed E-state index contributed by atoms with van der Waals surface area (Å²) in [5.74, 6) is 0. The Balaban J connectivity index is 3.68. The van der Waals surface area contributed by atoms with Gasteiger partial charge in [0.25, 0.3) is 0 Å². The second-order valence-corrected chi connectivity index (χ2v) is 2.38. The summed E-state index contributed by atoms with van der Waals surface area (Å²) in [7, 11) is 0. The normalized spacial score (nSPS) is 9.64. The molecule has 0 aliphatic carbocycles. The average Bonchev–Trinajstić information content (AvgIpc) is 2.05. The standard InChI is InChI=1S/C8H8O3/c1-5-3-4-6(2)8(10)11-7(5)9/h3-4H,1-2H3. The molecule has 3 nitrogen and oxygen atoms in total. The Morgan fingerprint density at radius 2 is 1.36 bits per heavy atom. The van der Waals surface area contributed by atoms with Crippen LogP contribution in [0.15, 0.2) is 26.1 Å². The first-order valence-corrected chi connectivity index (χ1v) is 3.23. The van der Waals surface area contributed by atoms with Gasteiger partial charge >= 0.3 is 11.3 Å². The summed E-state index contributed by atoms with van der Waals surface area (Å²) in [6.45, 7) is 3.20. The first-order chi connectivity index (χ1) is 5.11. The Hall–Kier alpha value is -1.38. The highest BCUT2D eigenvalue weighted by atomic mass is 16.4. The fourth-order valence-electron chi connectivity index (χ4n) is 0.631. The van der Waals surface area contributed by atoms with Gasteiger partial charge in [0.2, 0.25) is 0 Å². The molecule has 0 saturated carbocycles. The lowest BCUT2D eigenvalue weighted by molar-refractivity contribution is 0.472. The van der Waals surface area contributed by atoms with Crippen molar-refractivity contribution in [3.8, 4) is 0 Å². The Morgan fingerprint density at radius 3 is 1.73 bits per heavy atom. The molecular formula is C8H8O3. The van der Waals surface area contributed by atoms with Crippen LogP contribution in [0.4, 0.5) is 0 Å². The summed E-state index contributed by atoms with van der Waals surface area (Å²) >= 11 is 0. The van der Waals surface area contributed by atoms with Gasteiger partial charge in [0.05, 0.1) is 0 Å². The minimum atomic E-state index is -0.567. The lowest BCUT2D eigenvalue weighted by Gasteiger charge is -1.73. The first-order valence-electron chi connectivity index (χ1n) is 3.23. The molecule has 1 aromatic rings. The number of hydrogen-bond acceptors (Lipinski definition) is 3. The van der Waals surface area contributed by atoms with Gasteiger partial charge in [-0.15, -0.1) is 0 Å². The highest BCUT2D eigenvalue weighted by Crippen LogP contribution is 1.87. The van der Waals surface area contributed by atoms with Gasteiger partial charge in [-0.3, -0.25) is 0 Å². The first kappa shape index (κ1) is 7.72. The SMILES string of the molecule is Cc1ccc(C)c(=O)oc1=O. The second kappa shape index (κ2) is 2.70. The molecule has 0 unspecified atom stereocenters. The van der Waals surface area contributed by atoms with E-state index in [9.17, 15) is 9.59 Å². The van der Waals surface area contributed by atoms with Crippen molar-refractivity contribution in [1.29, 1.82) is 0 Å². The van der Waals surface area contributed by atoms with Gasteiger partial charge in [-0.1, -0.05) is 12.1 Å². The van der Waals surface area contributed by atoms with Crippen LogP contribution in [0.2, 0.25) is 0 Å². The maximum atomic E-state index is 10.8. The Bertz CT molecular complexity index is 340. The van der Waals surface area contributed by atoms with Gasteiger partial charge in [-0.25, -0.2) is 9.59 Å². The fourth-order valence-corrected chi connectivity index (χ4v) is 0.631. The summed E-state index contributed by atoms with van der Waals surface area (Å²) in [5, 5.41) is 0. The van der Waals surface area contributed by atoms with Crippen LogP contribution in [0, 0.1) is 13.8 Å². The zero-order valence-electron chi connectivity index (χ0n) is 6.38. The Kier molecular flexibility index (Phi) is 1.89. The summed E-state index contributed by atoms with van der Waals surface area (Å²) in [6.07, 6.45) is 0. The lowest BCUT2D eigenvalue weighted by atomic mass is 10.3. The molecule has 0 bridgehead atoms. The largest absolute Gasteiger partial charge is 0.386 e. The second-order valence-electron chi connectivity index (χ2n) is 2.38. The maximum absolute atomic E-state index is 10.8. The smallest absolute Gasteiger partial charge is 0.341 e. The van der Waals surface area contributed by atoms with Crippen LogP contribution in [0.1, 0.15) is 11.1 Å². The van der Waals surface area contributed by atoms with Crippen LogP contribution in [-0.2, 0) is 0 Å². The third-order valence-electron chi connectivity index (χ3n) is 1.41. The molecule has 11 heavy (non-hydrogen) atoms. The van der Waals surface area contributed by atoms with Crippen molar-refractivity contribution in [2.75, 3.05) is 0 Å². The molecule has 0 radical (unpaired) electrons. The number of aryl methyl sites for hydroxylation is 2. The van der Waals surface area contributed by atoms with Crippen LogP contribution in [0.25, 0.3) is 0 Å². The van der Waals surface area contributed by atoms with E-state index in [1.54, 1.807) is 26.0 Å². The molecule has 0 aliphatic rings. The van der Waals surface area contributed by atoms with Crippen molar-refractivity contribution in [2.45, 2.75) is 13.8 Å². The molecule has 3 heteroatoms. The molecule has 0 saturated heterocycles. The third kappa shape index (κ3) is 1.55. The van der Waals surface area contributed by atoms with Crippen molar-refractivity contribution < 1.29 is 4.42 Å². The molecule has 1 rings (SSSR count).